The molecule has 0 radical (unpaired) electrons. The summed E-state index contributed by atoms with van der Waals surface area (Å²) in [6.45, 7) is -3.13. The van der Waals surface area contributed by atoms with Crippen LogP contribution in [0.25, 0.3) is 0 Å². The van der Waals surface area contributed by atoms with E-state index in [0.29, 0.717) is 0 Å². The minimum Gasteiger partial charge on any atom is -0.433 e. The fourth-order valence-electron chi connectivity index (χ4n) is 1.02. The van der Waals surface area contributed by atoms with Crippen LogP contribution >= 0.6 is 0 Å². The highest BCUT2D eigenvalue weighted by Gasteiger charge is 2.18. The number of benzene rings is 1. The average molecular weight is 229 g/mol. The Hall–Kier alpha value is -2.43. The Bertz CT molecular complexity index is 470. The van der Waals surface area contributed by atoms with Gasteiger partial charge < -0.3 is 10.5 Å². The van der Waals surface area contributed by atoms with Gasteiger partial charge in [0, 0.05) is 12.1 Å². The fourth-order valence-corrected chi connectivity index (χ4v) is 1.02. The molecule has 0 aliphatic rings. The third kappa shape index (κ3) is 2.33. The predicted molar refractivity (Wildman–Crippen MR) is 48.9 cm³/mol. The van der Waals surface area contributed by atoms with Crippen molar-refractivity contribution in [1.82, 2.24) is 0 Å². The number of nitrogen functional groups attached to an aromatic ring is 1. The van der Waals surface area contributed by atoms with E-state index in [1.165, 1.54) is 6.07 Å². The maximum absolute atomic E-state index is 11.9. The number of nitrogens with two attached hydrogens (primary N) is 1. The molecule has 0 heterocycles. The molecule has 0 fully saturated rings. The number of anilines is 1. The molecule has 0 aromatic heterocycles. The number of nitriles is 1. The lowest BCUT2D eigenvalue weighted by Crippen LogP contribution is -2.05. The van der Waals surface area contributed by atoms with E-state index < -0.39 is 23.0 Å². The Morgan fingerprint density at radius 1 is 1.56 bits per heavy atom. The second-order valence-electron chi connectivity index (χ2n) is 2.65. The molecule has 16 heavy (non-hydrogen) atoms. The number of halogens is 2. The van der Waals surface area contributed by atoms with Gasteiger partial charge in [0.05, 0.1) is 4.92 Å². The van der Waals surface area contributed by atoms with Gasteiger partial charge in [0.15, 0.2) is 0 Å². The molecule has 0 atom stereocenters. The summed E-state index contributed by atoms with van der Waals surface area (Å²) in [5.74, 6) is -0.486. The first-order chi connectivity index (χ1) is 7.45. The van der Waals surface area contributed by atoms with Crippen molar-refractivity contribution in [3.8, 4) is 11.8 Å². The number of nitrogens with zero attached hydrogens (tertiary/aromatic N) is 2. The van der Waals surface area contributed by atoms with Gasteiger partial charge in [-0.25, -0.2) is 0 Å². The van der Waals surface area contributed by atoms with Gasteiger partial charge >= 0.3 is 6.61 Å². The highest BCUT2D eigenvalue weighted by atomic mass is 19.3. The quantitative estimate of drug-likeness (QED) is 0.482. The SMILES string of the molecule is N#Cc1cc([N+](=O)[O-])c(N)cc1OC(F)F. The van der Waals surface area contributed by atoms with Crippen LogP contribution in [-0.2, 0) is 0 Å². The fraction of sp³-hybridized carbons (Fsp3) is 0.125. The van der Waals surface area contributed by atoms with Crippen LogP contribution < -0.4 is 10.5 Å². The van der Waals surface area contributed by atoms with Crippen molar-refractivity contribution >= 4 is 11.4 Å². The summed E-state index contributed by atoms with van der Waals surface area (Å²) < 4.78 is 27.8. The molecule has 1 rings (SSSR count). The topological polar surface area (TPSA) is 102 Å². The lowest BCUT2D eigenvalue weighted by Gasteiger charge is -2.07. The third-order valence-electron chi connectivity index (χ3n) is 1.66. The second kappa shape index (κ2) is 4.39. The van der Waals surface area contributed by atoms with Crippen molar-refractivity contribution in [2.24, 2.45) is 0 Å². The molecule has 0 unspecified atom stereocenters. The van der Waals surface area contributed by atoms with E-state index in [1.807, 2.05) is 0 Å². The molecule has 8 heteroatoms. The Morgan fingerprint density at radius 2 is 2.19 bits per heavy atom. The van der Waals surface area contributed by atoms with Crippen LogP contribution in [-0.4, -0.2) is 11.5 Å². The van der Waals surface area contributed by atoms with Crippen molar-refractivity contribution in [2.75, 3.05) is 5.73 Å². The van der Waals surface area contributed by atoms with Gasteiger partial charge in [0.25, 0.3) is 5.69 Å². The molecule has 6 nitrogen and oxygen atoms in total. The summed E-state index contributed by atoms with van der Waals surface area (Å²) in [4.78, 5) is 9.63. The largest absolute Gasteiger partial charge is 0.433 e. The van der Waals surface area contributed by atoms with Crippen molar-refractivity contribution < 1.29 is 18.4 Å². The molecular weight excluding hydrogens is 224 g/mol. The summed E-state index contributed by atoms with van der Waals surface area (Å²) in [5.41, 5.74) is 3.99. The van der Waals surface area contributed by atoms with Gasteiger partial charge in [-0.3, -0.25) is 10.1 Å². The van der Waals surface area contributed by atoms with E-state index >= 15 is 0 Å². The summed E-state index contributed by atoms with van der Waals surface area (Å²) >= 11 is 0. The van der Waals surface area contributed by atoms with Gasteiger partial charge in [-0.05, 0) is 0 Å². The van der Waals surface area contributed by atoms with E-state index in [-0.39, 0.29) is 11.3 Å². The number of alkyl halides is 2. The maximum atomic E-state index is 11.9. The molecule has 2 N–H and O–H groups in total. The molecule has 84 valence electrons. The Labute approximate surface area is 88.0 Å². The Morgan fingerprint density at radius 3 is 2.62 bits per heavy atom. The van der Waals surface area contributed by atoms with Gasteiger partial charge in [0.2, 0.25) is 0 Å². The standard InChI is InChI=1S/C8H5F2N3O3/c9-8(10)16-7-2-5(12)6(13(14)15)1-4(7)3-11/h1-2,8H,12H2. The lowest BCUT2D eigenvalue weighted by atomic mass is 10.1. The number of hydrogen-bond acceptors (Lipinski definition) is 5. The average Bonchev–Trinajstić information content (AvgIpc) is 2.16. The Balaban J connectivity index is 3.28. The van der Waals surface area contributed by atoms with Crippen LogP contribution in [0.2, 0.25) is 0 Å². The lowest BCUT2D eigenvalue weighted by molar-refractivity contribution is -0.383. The van der Waals surface area contributed by atoms with Crippen molar-refractivity contribution in [3.63, 3.8) is 0 Å². The van der Waals surface area contributed by atoms with Crippen LogP contribution in [0, 0.1) is 21.4 Å². The van der Waals surface area contributed by atoms with Crippen LogP contribution in [0.1, 0.15) is 5.56 Å². The van der Waals surface area contributed by atoms with Crippen molar-refractivity contribution in [2.45, 2.75) is 6.61 Å². The zero-order chi connectivity index (χ0) is 12.3. The molecule has 0 saturated carbocycles. The number of ether oxygens (including phenoxy) is 1. The molecular formula is C8H5F2N3O3. The highest BCUT2D eigenvalue weighted by molar-refractivity contribution is 5.66. The smallest absolute Gasteiger partial charge is 0.387 e. The minimum atomic E-state index is -3.13. The van der Waals surface area contributed by atoms with E-state index in [1.54, 1.807) is 0 Å². The summed E-state index contributed by atoms with van der Waals surface area (Å²) in [6, 6.07) is 3.11. The van der Waals surface area contributed by atoms with Gasteiger partial charge in [-0.15, -0.1) is 0 Å². The van der Waals surface area contributed by atoms with E-state index in [4.69, 9.17) is 11.0 Å². The number of nitro benzene ring substituents is 1. The van der Waals surface area contributed by atoms with Gasteiger partial charge in [-0.1, -0.05) is 0 Å². The van der Waals surface area contributed by atoms with Crippen molar-refractivity contribution in [3.05, 3.63) is 27.8 Å². The number of hydrogen-bond donors (Lipinski definition) is 1. The van der Waals surface area contributed by atoms with E-state index in [9.17, 15) is 18.9 Å². The van der Waals surface area contributed by atoms with Crippen LogP contribution in [0.5, 0.6) is 5.75 Å². The molecule has 0 amide bonds. The third-order valence-corrected chi connectivity index (χ3v) is 1.66. The maximum Gasteiger partial charge on any atom is 0.387 e. The van der Waals surface area contributed by atoms with Gasteiger partial charge in [-0.2, -0.15) is 14.0 Å². The molecule has 0 bridgehead atoms. The molecule has 0 spiro atoms. The minimum absolute atomic E-state index is 0.348. The number of rotatable bonds is 3. The zero-order valence-corrected chi connectivity index (χ0v) is 7.68. The van der Waals surface area contributed by atoms with Crippen LogP contribution in [0.4, 0.5) is 20.2 Å². The second-order valence-corrected chi connectivity index (χ2v) is 2.65. The molecule has 0 saturated heterocycles. The normalized spacial score (nSPS) is 9.88. The zero-order valence-electron chi connectivity index (χ0n) is 7.68. The van der Waals surface area contributed by atoms with E-state index in [0.717, 1.165) is 12.1 Å². The predicted octanol–water partition coefficient (Wildman–Crippen LogP) is 1.65. The monoisotopic (exact) mass is 229 g/mol. The molecule has 0 aliphatic heterocycles. The molecule has 1 aromatic carbocycles. The van der Waals surface area contributed by atoms with Crippen molar-refractivity contribution in [1.29, 1.82) is 5.26 Å². The number of nitro groups is 1. The summed E-state index contributed by atoms with van der Waals surface area (Å²) in [6.07, 6.45) is 0. The van der Waals surface area contributed by atoms with Gasteiger partial charge in [0.1, 0.15) is 23.1 Å². The molecule has 0 aliphatic carbocycles. The van der Waals surface area contributed by atoms with Crippen LogP contribution in [0.3, 0.4) is 0 Å². The summed E-state index contributed by atoms with van der Waals surface area (Å²) in [5, 5.41) is 19.0. The first kappa shape index (κ1) is 11.6. The highest BCUT2D eigenvalue weighted by Crippen LogP contribution is 2.30. The van der Waals surface area contributed by atoms with Crippen LogP contribution in [0.15, 0.2) is 12.1 Å². The molecule has 1 aromatic rings. The first-order valence-electron chi connectivity index (χ1n) is 3.88. The first-order valence-corrected chi connectivity index (χ1v) is 3.88. The Kier molecular flexibility index (Phi) is 3.20. The summed E-state index contributed by atoms with van der Waals surface area (Å²) in [7, 11) is 0. The van der Waals surface area contributed by atoms with E-state index in [2.05, 4.69) is 4.74 Å².